The number of hydrogen-bond acceptors (Lipinski definition) is 3. The summed E-state index contributed by atoms with van der Waals surface area (Å²) in [6.45, 7) is 1.43. The molecule has 0 radical (unpaired) electrons. The van der Waals surface area contributed by atoms with Crippen LogP contribution in [-0.4, -0.2) is 20.9 Å². The molecule has 3 aromatic carbocycles. The molecule has 150 valence electrons. The highest BCUT2D eigenvalue weighted by atomic mass is 79.9. The molecular formula is C21H18BrClN2O3S. The van der Waals surface area contributed by atoms with E-state index in [1.54, 1.807) is 60.7 Å². The zero-order valence-electron chi connectivity index (χ0n) is 15.5. The molecule has 0 fully saturated rings. The van der Waals surface area contributed by atoms with Crippen molar-refractivity contribution >= 4 is 54.8 Å². The molecule has 0 aliphatic heterocycles. The first-order valence-corrected chi connectivity index (χ1v) is 11.3. The van der Waals surface area contributed by atoms with Crippen LogP contribution in [0, 0.1) is 6.92 Å². The first-order chi connectivity index (χ1) is 13.8. The molecule has 0 bridgehead atoms. The minimum Gasteiger partial charge on any atom is -0.324 e. The number of amides is 1. The Labute approximate surface area is 183 Å². The van der Waals surface area contributed by atoms with Crippen LogP contribution in [-0.2, 0) is 14.8 Å². The maximum atomic E-state index is 13.3. The number of carbonyl (C=O) groups excluding carboxylic acids is 1. The fraction of sp³-hybridized carbons (Fsp3) is 0.0952. The van der Waals surface area contributed by atoms with Crippen LogP contribution in [0.3, 0.4) is 0 Å². The van der Waals surface area contributed by atoms with Crippen LogP contribution < -0.4 is 9.62 Å². The summed E-state index contributed by atoms with van der Waals surface area (Å²) in [6.07, 6.45) is 0. The second-order valence-electron chi connectivity index (χ2n) is 6.31. The van der Waals surface area contributed by atoms with Gasteiger partial charge in [-0.1, -0.05) is 51.8 Å². The van der Waals surface area contributed by atoms with Gasteiger partial charge in [0.25, 0.3) is 10.0 Å². The third-order valence-corrected chi connectivity index (χ3v) is 6.69. The van der Waals surface area contributed by atoms with Crippen LogP contribution in [0.1, 0.15) is 5.56 Å². The van der Waals surface area contributed by atoms with Crippen molar-refractivity contribution in [3.63, 3.8) is 0 Å². The fourth-order valence-electron chi connectivity index (χ4n) is 2.75. The SMILES string of the molecule is Cc1cc(Cl)ccc1NC(=O)CN(c1cccc(Br)c1)S(=O)(=O)c1ccccc1. The number of sulfonamides is 1. The number of carbonyl (C=O) groups is 1. The molecule has 5 nitrogen and oxygen atoms in total. The third-order valence-electron chi connectivity index (χ3n) is 4.18. The lowest BCUT2D eigenvalue weighted by molar-refractivity contribution is -0.114. The van der Waals surface area contributed by atoms with Crippen LogP contribution in [0.2, 0.25) is 5.02 Å². The Hall–Kier alpha value is -2.35. The average Bonchev–Trinajstić information content (AvgIpc) is 2.69. The molecule has 0 unspecified atom stereocenters. The molecule has 3 aromatic rings. The molecule has 3 rings (SSSR count). The van der Waals surface area contributed by atoms with E-state index in [-0.39, 0.29) is 11.4 Å². The van der Waals surface area contributed by atoms with Gasteiger partial charge >= 0.3 is 0 Å². The molecule has 0 atom stereocenters. The number of hydrogen-bond donors (Lipinski definition) is 1. The van der Waals surface area contributed by atoms with E-state index in [0.717, 1.165) is 9.87 Å². The standard InChI is InChI=1S/C21H18BrClN2O3S/c1-15-12-17(23)10-11-20(15)24-21(26)14-25(18-7-5-6-16(22)13-18)29(27,28)19-8-3-2-4-9-19/h2-13H,14H2,1H3,(H,24,26). The average molecular weight is 494 g/mol. The predicted molar refractivity (Wildman–Crippen MR) is 120 cm³/mol. The zero-order chi connectivity index (χ0) is 21.0. The van der Waals surface area contributed by atoms with Crippen LogP contribution in [0.15, 0.2) is 82.2 Å². The van der Waals surface area contributed by atoms with Gasteiger partial charge in [-0.3, -0.25) is 9.10 Å². The molecule has 1 N–H and O–H groups in total. The topological polar surface area (TPSA) is 66.5 Å². The van der Waals surface area contributed by atoms with Crippen molar-refractivity contribution in [2.75, 3.05) is 16.2 Å². The van der Waals surface area contributed by atoms with E-state index in [2.05, 4.69) is 21.2 Å². The van der Waals surface area contributed by atoms with Crippen LogP contribution in [0.5, 0.6) is 0 Å². The summed E-state index contributed by atoms with van der Waals surface area (Å²) in [4.78, 5) is 12.8. The van der Waals surface area contributed by atoms with Gasteiger partial charge in [-0.15, -0.1) is 0 Å². The Bertz CT molecular complexity index is 1140. The van der Waals surface area contributed by atoms with Gasteiger partial charge in [-0.2, -0.15) is 0 Å². The minimum absolute atomic E-state index is 0.107. The molecule has 8 heteroatoms. The highest BCUT2D eigenvalue weighted by Crippen LogP contribution is 2.26. The number of nitrogens with zero attached hydrogens (tertiary/aromatic N) is 1. The number of nitrogens with one attached hydrogen (secondary N) is 1. The lowest BCUT2D eigenvalue weighted by Gasteiger charge is -2.24. The predicted octanol–water partition coefficient (Wildman–Crippen LogP) is 5.24. The monoisotopic (exact) mass is 492 g/mol. The Kier molecular flexibility index (Phi) is 6.62. The fourth-order valence-corrected chi connectivity index (χ4v) is 4.80. The highest BCUT2D eigenvalue weighted by Gasteiger charge is 2.27. The van der Waals surface area contributed by atoms with Gasteiger partial charge < -0.3 is 5.32 Å². The van der Waals surface area contributed by atoms with Crippen LogP contribution in [0.4, 0.5) is 11.4 Å². The molecular weight excluding hydrogens is 476 g/mol. The van der Waals surface area contributed by atoms with Gasteiger partial charge in [0.1, 0.15) is 6.54 Å². The summed E-state index contributed by atoms with van der Waals surface area (Å²) in [5.74, 6) is -0.463. The summed E-state index contributed by atoms with van der Waals surface area (Å²) >= 11 is 9.31. The largest absolute Gasteiger partial charge is 0.324 e. The lowest BCUT2D eigenvalue weighted by atomic mass is 10.2. The maximum Gasteiger partial charge on any atom is 0.264 e. The molecule has 29 heavy (non-hydrogen) atoms. The summed E-state index contributed by atoms with van der Waals surface area (Å²) < 4.78 is 28.3. The minimum atomic E-state index is -3.94. The molecule has 0 aliphatic rings. The molecule has 1 amide bonds. The Morgan fingerprint density at radius 2 is 1.76 bits per heavy atom. The van der Waals surface area contributed by atoms with E-state index in [1.807, 2.05) is 6.92 Å². The van der Waals surface area contributed by atoms with Crippen molar-refractivity contribution in [1.82, 2.24) is 0 Å². The molecule has 0 saturated heterocycles. The van der Waals surface area contributed by atoms with Crippen molar-refractivity contribution in [3.8, 4) is 0 Å². The van der Waals surface area contributed by atoms with E-state index >= 15 is 0 Å². The number of anilines is 2. The van der Waals surface area contributed by atoms with E-state index in [4.69, 9.17) is 11.6 Å². The highest BCUT2D eigenvalue weighted by molar-refractivity contribution is 9.10. The third kappa shape index (κ3) is 5.18. The first-order valence-electron chi connectivity index (χ1n) is 8.67. The normalized spacial score (nSPS) is 11.1. The summed E-state index contributed by atoms with van der Waals surface area (Å²) in [5.41, 5.74) is 1.74. The second kappa shape index (κ2) is 8.98. The van der Waals surface area contributed by atoms with Crippen molar-refractivity contribution in [2.45, 2.75) is 11.8 Å². The smallest absolute Gasteiger partial charge is 0.264 e. The number of halogens is 2. The summed E-state index contributed by atoms with van der Waals surface area (Å²) in [7, 11) is -3.94. The molecule has 0 spiro atoms. The van der Waals surface area contributed by atoms with Crippen LogP contribution in [0.25, 0.3) is 0 Å². The van der Waals surface area contributed by atoms with Crippen molar-refractivity contribution in [3.05, 3.63) is 87.9 Å². The number of rotatable bonds is 6. The van der Waals surface area contributed by atoms with Crippen LogP contribution >= 0.6 is 27.5 Å². The van der Waals surface area contributed by atoms with Crippen molar-refractivity contribution in [1.29, 1.82) is 0 Å². The molecule has 0 heterocycles. The Balaban J connectivity index is 1.94. The van der Waals surface area contributed by atoms with Gasteiger partial charge in [0.15, 0.2) is 0 Å². The Morgan fingerprint density at radius 1 is 1.03 bits per heavy atom. The Morgan fingerprint density at radius 3 is 2.41 bits per heavy atom. The van der Waals surface area contributed by atoms with Crippen molar-refractivity contribution in [2.24, 2.45) is 0 Å². The lowest BCUT2D eigenvalue weighted by Crippen LogP contribution is -2.38. The van der Waals surface area contributed by atoms with E-state index in [0.29, 0.717) is 20.9 Å². The number of benzene rings is 3. The van der Waals surface area contributed by atoms with Gasteiger partial charge in [0, 0.05) is 15.2 Å². The number of aryl methyl sites for hydroxylation is 1. The van der Waals surface area contributed by atoms with Gasteiger partial charge in [-0.25, -0.2) is 8.42 Å². The molecule has 0 aromatic heterocycles. The van der Waals surface area contributed by atoms with E-state index < -0.39 is 15.9 Å². The summed E-state index contributed by atoms with van der Waals surface area (Å²) in [6, 6.07) is 19.9. The van der Waals surface area contributed by atoms with Gasteiger partial charge in [0.05, 0.1) is 10.6 Å². The van der Waals surface area contributed by atoms with Gasteiger partial charge in [-0.05, 0) is 61.0 Å². The molecule has 0 aliphatic carbocycles. The first kappa shape index (κ1) is 21.4. The maximum absolute atomic E-state index is 13.3. The molecule has 0 saturated carbocycles. The summed E-state index contributed by atoms with van der Waals surface area (Å²) in [5, 5.41) is 3.32. The van der Waals surface area contributed by atoms with Crippen molar-refractivity contribution < 1.29 is 13.2 Å². The van der Waals surface area contributed by atoms with E-state index in [9.17, 15) is 13.2 Å². The quantitative estimate of drug-likeness (QED) is 0.510. The van der Waals surface area contributed by atoms with Gasteiger partial charge in [0.2, 0.25) is 5.91 Å². The second-order valence-corrected chi connectivity index (χ2v) is 9.53. The zero-order valence-corrected chi connectivity index (χ0v) is 18.6. The van der Waals surface area contributed by atoms with E-state index in [1.165, 1.54) is 12.1 Å².